The first-order valence-electron chi connectivity index (χ1n) is 6.96. The zero-order valence-corrected chi connectivity index (χ0v) is 11.6. The third kappa shape index (κ3) is 2.63. The van der Waals surface area contributed by atoms with Crippen molar-refractivity contribution in [1.82, 2.24) is 0 Å². The number of hydrogen-bond acceptors (Lipinski definition) is 3. The monoisotopic (exact) mass is 269 g/mol. The van der Waals surface area contributed by atoms with E-state index in [-0.39, 0.29) is 12.1 Å². The van der Waals surface area contributed by atoms with Gasteiger partial charge in [0.1, 0.15) is 24.2 Å². The van der Waals surface area contributed by atoms with Crippen LogP contribution < -0.4 is 15.2 Å². The van der Waals surface area contributed by atoms with Crippen LogP contribution in [0.5, 0.6) is 11.5 Å². The fourth-order valence-electron chi connectivity index (χ4n) is 2.52. The Morgan fingerprint density at radius 3 is 2.75 bits per heavy atom. The smallest absolute Gasteiger partial charge is 0.137 e. The van der Waals surface area contributed by atoms with Crippen LogP contribution in [0.4, 0.5) is 0 Å². The zero-order valence-electron chi connectivity index (χ0n) is 11.6. The van der Waals surface area contributed by atoms with Crippen molar-refractivity contribution in [3.8, 4) is 11.5 Å². The first-order valence-corrected chi connectivity index (χ1v) is 6.96. The van der Waals surface area contributed by atoms with E-state index in [9.17, 15) is 0 Å². The predicted molar refractivity (Wildman–Crippen MR) is 79.1 cm³/mol. The number of ether oxygens (including phenoxy) is 2. The molecule has 1 aliphatic rings. The Bertz CT molecular complexity index is 570. The summed E-state index contributed by atoms with van der Waals surface area (Å²) in [5, 5.41) is 0. The van der Waals surface area contributed by atoms with Gasteiger partial charge >= 0.3 is 0 Å². The van der Waals surface area contributed by atoms with E-state index in [1.54, 1.807) is 0 Å². The highest BCUT2D eigenvalue weighted by Crippen LogP contribution is 2.29. The van der Waals surface area contributed by atoms with Gasteiger partial charge in [0.25, 0.3) is 0 Å². The van der Waals surface area contributed by atoms with Gasteiger partial charge in [-0.1, -0.05) is 36.4 Å². The van der Waals surface area contributed by atoms with Gasteiger partial charge in [-0.2, -0.15) is 0 Å². The van der Waals surface area contributed by atoms with Gasteiger partial charge in [0.2, 0.25) is 0 Å². The van der Waals surface area contributed by atoms with Crippen molar-refractivity contribution < 1.29 is 9.47 Å². The molecule has 0 bridgehead atoms. The molecule has 2 atom stereocenters. The molecular formula is C17H19NO2. The summed E-state index contributed by atoms with van der Waals surface area (Å²) < 4.78 is 11.8. The van der Waals surface area contributed by atoms with Gasteiger partial charge in [-0.15, -0.1) is 0 Å². The summed E-state index contributed by atoms with van der Waals surface area (Å²) in [7, 11) is 0. The maximum Gasteiger partial charge on any atom is 0.137 e. The molecule has 1 unspecified atom stereocenters. The largest absolute Gasteiger partial charge is 0.489 e. The number of para-hydroxylation sites is 2. The third-order valence-corrected chi connectivity index (χ3v) is 3.55. The van der Waals surface area contributed by atoms with Crippen LogP contribution in [0.3, 0.4) is 0 Å². The van der Waals surface area contributed by atoms with Crippen molar-refractivity contribution in [3.05, 3.63) is 59.7 Å². The second-order valence-electron chi connectivity index (χ2n) is 5.19. The van der Waals surface area contributed by atoms with Gasteiger partial charge in [0, 0.05) is 18.0 Å². The average molecular weight is 269 g/mol. The Kier molecular flexibility index (Phi) is 3.61. The van der Waals surface area contributed by atoms with Crippen molar-refractivity contribution in [3.63, 3.8) is 0 Å². The van der Waals surface area contributed by atoms with Gasteiger partial charge in [-0.3, -0.25) is 0 Å². The molecule has 0 amide bonds. The summed E-state index contributed by atoms with van der Waals surface area (Å²) in [6.45, 7) is 2.50. The zero-order chi connectivity index (χ0) is 13.9. The van der Waals surface area contributed by atoms with E-state index in [1.807, 2.05) is 49.4 Å². The van der Waals surface area contributed by atoms with Crippen LogP contribution in [0.1, 0.15) is 24.1 Å². The molecule has 3 rings (SSSR count). The number of fused-ring (bicyclic) bond motifs is 1. The molecule has 0 saturated carbocycles. The van der Waals surface area contributed by atoms with E-state index in [0.29, 0.717) is 6.61 Å². The van der Waals surface area contributed by atoms with E-state index < -0.39 is 0 Å². The molecule has 20 heavy (non-hydrogen) atoms. The van der Waals surface area contributed by atoms with Crippen LogP contribution in [0, 0.1) is 0 Å². The van der Waals surface area contributed by atoms with Crippen molar-refractivity contribution in [2.75, 3.05) is 6.61 Å². The minimum absolute atomic E-state index is 0.0344. The quantitative estimate of drug-likeness (QED) is 0.927. The highest BCUT2D eigenvalue weighted by atomic mass is 16.5. The van der Waals surface area contributed by atoms with Gasteiger partial charge in [0.05, 0.1) is 0 Å². The molecular weight excluding hydrogens is 250 g/mol. The van der Waals surface area contributed by atoms with E-state index in [0.717, 1.165) is 23.5 Å². The minimum Gasteiger partial charge on any atom is -0.489 e. The Hall–Kier alpha value is -2.00. The second-order valence-corrected chi connectivity index (χ2v) is 5.19. The molecule has 2 aromatic carbocycles. The number of hydrogen-bond donors (Lipinski definition) is 1. The van der Waals surface area contributed by atoms with Crippen molar-refractivity contribution in [2.24, 2.45) is 5.73 Å². The Morgan fingerprint density at radius 1 is 1.20 bits per heavy atom. The molecule has 3 nitrogen and oxygen atoms in total. The summed E-state index contributed by atoms with van der Waals surface area (Å²) in [5.41, 5.74) is 8.24. The lowest BCUT2D eigenvalue weighted by Gasteiger charge is -2.16. The molecule has 3 heteroatoms. The maximum absolute atomic E-state index is 5.96. The third-order valence-electron chi connectivity index (χ3n) is 3.55. The molecule has 1 aliphatic heterocycles. The molecule has 0 aliphatic carbocycles. The molecule has 0 fully saturated rings. The number of benzene rings is 2. The SMILES string of the molecule is C[C@H](N)c1ccccc1OCC1Cc2ccccc2O1. The highest BCUT2D eigenvalue weighted by Gasteiger charge is 2.23. The molecule has 0 radical (unpaired) electrons. The van der Waals surface area contributed by atoms with Crippen molar-refractivity contribution in [1.29, 1.82) is 0 Å². The summed E-state index contributed by atoms with van der Waals surface area (Å²) >= 11 is 0. The Balaban J connectivity index is 1.65. The summed E-state index contributed by atoms with van der Waals surface area (Å²) in [5.74, 6) is 1.82. The lowest BCUT2D eigenvalue weighted by atomic mass is 10.1. The average Bonchev–Trinajstić information content (AvgIpc) is 2.88. The molecule has 0 spiro atoms. The molecule has 0 saturated heterocycles. The van der Waals surface area contributed by atoms with Crippen LogP contribution in [0.25, 0.3) is 0 Å². The summed E-state index contributed by atoms with van der Waals surface area (Å²) in [6, 6.07) is 16.0. The van der Waals surface area contributed by atoms with Crippen molar-refractivity contribution in [2.45, 2.75) is 25.5 Å². The molecule has 0 aromatic heterocycles. The summed E-state index contributed by atoms with van der Waals surface area (Å²) in [4.78, 5) is 0. The van der Waals surface area contributed by atoms with Gasteiger partial charge in [0.15, 0.2) is 0 Å². The number of rotatable bonds is 4. The fourth-order valence-corrected chi connectivity index (χ4v) is 2.52. The summed E-state index contributed by atoms with van der Waals surface area (Å²) in [6.07, 6.45) is 0.977. The molecule has 2 aromatic rings. The first kappa shape index (κ1) is 13.0. The highest BCUT2D eigenvalue weighted by molar-refractivity contribution is 5.38. The second kappa shape index (κ2) is 5.55. The van der Waals surface area contributed by atoms with E-state index in [4.69, 9.17) is 15.2 Å². The topological polar surface area (TPSA) is 44.5 Å². The van der Waals surface area contributed by atoms with Crippen LogP contribution in [0.2, 0.25) is 0 Å². The van der Waals surface area contributed by atoms with Gasteiger partial charge in [-0.25, -0.2) is 0 Å². The van der Waals surface area contributed by atoms with Crippen LogP contribution in [-0.4, -0.2) is 12.7 Å². The Morgan fingerprint density at radius 2 is 1.95 bits per heavy atom. The lowest BCUT2D eigenvalue weighted by molar-refractivity contribution is 0.147. The van der Waals surface area contributed by atoms with Crippen LogP contribution in [0.15, 0.2) is 48.5 Å². The first-order chi connectivity index (χ1) is 9.74. The van der Waals surface area contributed by atoms with Crippen molar-refractivity contribution >= 4 is 0 Å². The van der Waals surface area contributed by atoms with E-state index >= 15 is 0 Å². The van der Waals surface area contributed by atoms with E-state index in [2.05, 4.69) is 6.07 Å². The van der Waals surface area contributed by atoms with Crippen LogP contribution >= 0.6 is 0 Å². The molecule has 2 N–H and O–H groups in total. The van der Waals surface area contributed by atoms with Gasteiger partial charge < -0.3 is 15.2 Å². The fraction of sp³-hybridized carbons (Fsp3) is 0.294. The lowest BCUT2D eigenvalue weighted by Crippen LogP contribution is -2.23. The molecule has 1 heterocycles. The van der Waals surface area contributed by atoms with Gasteiger partial charge in [-0.05, 0) is 24.6 Å². The predicted octanol–water partition coefficient (Wildman–Crippen LogP) is 3.09. The molecule has 104 valence electrons. The maximum atomic E-state index is 5.96. The standard InChI is InChI=1S/C17H19NO2/c1-12(18)15-7-3-5-9-17(15)19-11-14-10-13-6-2-4-8-16(13)20-14/h2-9,12,14H,10-11,18H2,1H3/t12-,14?/m0/s1. The van der Waals surface area contributed by atoms with E-state index in [1.165, 1.54) is 5.56 Å². The Labute approximate surface area is 119 Å². The number of nitrogens with two attached hydrogens (primary N) is 1. The van der Waals surface area contributed by atoms with Crippen LogP contribution in [-0.2, 0) is 6.42 Å². The minimum atomic E-state index is -0.0344. The normalized spacial score (nSPS) is 18.2.